The van der Waals surface area contributed by atoms with Crippen molar-refractivity contribution in [3.05, 3.63) is 34.4 Å². The van der Waals surface area contributed by atoms with Gasteiger partial charge in [0.05, 0.1) is 6.20 Å². The molecule has 0 unspecified atom stereocenters. The third-order valence-corrected chi connectivity index (χ3v) is 4.64. The van der Waals surface area contributed by atoms with Gasteiger partial charge in [-0.1, -0.05) is 11.6 Å². The minimum absolute atomic E-state index is 0.236. The summed E-state index contributed by atoms with van der Waals surface area (Å²) in [4.78, 5) is 16.3. The van der Waals surface area contributed by atoms with Crippen LogP contribution in [0.4, 0.5) is 13.2 Å². The number of hydrogen-bond donors (Lipinski definition) is 0. The summed E-state index contributed by atoms with van der Waals surface area (Å²) in [5.74, 6) is -0.540. The molecule has 1 amide bonds. The molecule has 1 aliphatic heterocycles. The van der Waals surface area contributed by atoms with Crippen LogP contribution in [-0.2, 0) is 26.8 Å². The summed E-state index contributed by atoms with van der Waals surface area (Å²) < 4.78 is 41.3. The van der Waals surface area contributed by atoms with E-state index in [0.29, 0.717) is 32.7 Å². The number of rotatable bonds is 3. The Kier molecular flexibility index (Phi) is 4.98. The molecule has 26 heavy (non-hydrogen) atoms. The predicted octanol–water partition coefficient (Wildman–Crippen LogP) is 1.78. The number of halogens is 4. The summed E-state index contributed by atoms with van der Waals surface area (Å²) in [6.45, 7) is 2.74. The zero-order valence-corrected chi connectivity index (χ0v) is 15.0. The molecule has 0 atom stereocenters. The molecule has 11 heteroatoms. The largest absolute Gasteiger partial charge is 0.436 e. The smallest absolute Gasteiger partial charge is 0.335 e. The fraction of sp³-hybridized carbons (Fsp3) is 0.533. The van der Waals surface area contributed by atoms with Gasteiger partial charge in [-0.15, -0.1) is 0 Å². The Morgan fingerprint density at radius 3 is 2.38 bits per heavy atom. The normalized spacial score (nSPS) is 16.3. The minimum atomic E-state index is -4.70. The molecular formula is C15H18ClF3N6O. The fourth-order valence-electron chi connectivity index (χ4n) is 2.98. The minimum Gasteiger partial charge on any atom is -0.335 e. The van der Waals surface area contributed by atoms with Crippen LogP contribution in [0.25, 0.3) is 0 Å². The highest BCUT2D eigenvalue weighted by Crippen LogP contribution is 2.35. The Bertz CT molecular complexity index is 807. The lowest BCUT2D eigenvalue weighted by Gasteiger charge is -2.34. The first-order valence-corrected chi connectivity index (χ1v) is 8.33. The second-order valence-electron chi connectivity index (χ2n) is 6.22. The topological polar surface area (TPSA) is 59.2 Å². The average Bonchev–Trinajstić information content (AvgIpc) is 3.10. The van der Waals surface area contributed by atoms with E-state index in [0.717, 1.165) is 10.2 Å². The molecule has 7 nitrogen and oxygen atoms in total. The number of aryl methyl sites for hydroxylation is 2. The monoisotopic (exact) mass is 390 g/mol. The molecule has 2 aromatic rings. The SMILES string of the molecule is Cn1cc(CN2CCN(C(=O)c3c(Cl)c(C(F)(F)F)nn3C)CC2)cn1. The van der Waals surface area contributed by atoms with Crippen molar-refractivity contribution in [3.8, 4) is 0 Å². The summed E-state index contributed by atoms with van der Waals surface area (Å²) >= 11 is 5.80. The lowest BCUT2D eigenvalue weighted by molar-refractivity contribution is -0.141. The zero-order valence-electron chi connectivity index (χ0n) is 14.3. The zero-order chi connectivity index (χ0) is 19.1. The Morgan fingerprint density at radius 1 is 1.23 bits per heavy atom. The first-order valence-electron chi connectivity index (χ1n) is 7.95. The van der Waals surface area contributed by atoms with E-state index in [2.05, 4.69) is 15.1 Å². The van der Waals surface area contributed by atoms with Crippen LogP contribution in [-0.4, -0.2) is 61.4 Å². The lowest BCUT2D eigenvalue weighted by Crippen LogP contribution is -2.48. The van der Waals surface area contributed by atoms with E-state index < -0.39 is 22.8 Å². The number of amides is 1. The molecular weight excluding hydrogens is 373 g/mol. The Balaban J connectivity index is 1.66. The highest BCUT2D eigenvalue weighted by Gasteiger charge is 2.40. The molecule has 0 saturated carbocycles. The summed E-state index contributed by atoms with van der Waals surface area (Å²) in [5, 5.41) is 6.83. The molecule has 0 aliphatic carbocycles. The average molecular weight is 391 g/mol. The Morgan fingerprint density at radius 2 is 1.88 bits per heavy atom. The van der Waals surface area contributed by atoms with E-state index in [4.69, 9.17) is 11.6 Å². The number of carbonyl (C=O) groups excluding carboxylic acids is 1. The number of alkyl halides is 3. The van der Waals surface area contributed by atoms with Gasteiger partial charge >= 0.3 is 6.18 Å². The first-order chi connectivity index (χ1) is 12.2. The number of hydrogen-bond acceptors (Lipinski definition) is 4. The second kappa shape index (κ2) is 6.92. The molecule has 1 saturated heterocycles. The van der Waals surface area contributed by atoms with Crippen LogP contribution >= 0.6 is 11.6 Å². The van der Waals surface area contributed by atoms with Crippen LogP contribution in [0.2, 0.25) is 5.02 Å². The highest BCUT2D eigenvalue weighted by molar-refractivity contribution is 6.34. The molecule has 0 N–H and O–H groups in total. The van der Waals surface area contributed by atoms with E-state index in [1.54, 1.807) is 10.9 Å². The maximum atomic E-state index is 12.9. The molecule has 0 aromatic carbocycles. The molecule has 1 aliphatic rings. The summed E-state index contributed by atoms with van der Waals surface area (Å²) in [6, 6.07) is 0. The molecule has 0 spiro atoms. The maximum Gasteiger partial charge on any atom is 0.436 e. The van der Waals surface area contributed by atoms with Gasteiger partial charge in [0, 0.05) is 58.6 Å². The van der Waals surface area contributed by atoms with E-state index in [1.807, 2.05) is 13.2 Å². The lowest BCUT2D eigenvalue weighted by atomic mass is 10.2. The van der Waals surface area contributed by atoms with Gasteiger partial charge in [0.2, 0.25) is 0 Å². The van der Waals surface area contributed by atoms with Gasteiger partial charge in [-0.3, -0.25) is 19.1 Å². The Hall–Kier alpha value is -2.07. The van der Waals surface area contributed by atoms with Crippen molar-refractivity contribution in [1.29, 1.82) is 0 Å². The van der Waals surface area contributed by atoms with Gasteiger partial charge in [-0.25, -0.2) is 0 Å². The number of nitrogens with zero attached hydrogens (tertiary/aromatic N) is 6. The van der Waals surface area contributed by atoms with Crippen molar-refractivity contribution in [2.24, 2.45) is 14.1 Å². The third kappa shape index (κ3) is 3.70. The van der Waals surface area contributed by atoms with Crippen molar-refractivity contribution < 1.29 is 18.0 Å². The quantitative estimate of drug-likeness (QED) is 0.801. The van der Waals surface area contributed by atoms with Crippen molar-refractivity contribution in [2.75, 3.05) is 26.2 Å². The number of carbonyl (C=O) groups is 1. The molecule has 0 bridgehead atoms. The standard InChI is InChI=1S/C15H18ClF3N6O/c1-22-8-10(7-20-22)9-24-3-5-25(6-4-24)14(26)12-11(16)13(15(17,18)19)21-23(12)2/h7-8H,3-6,9H2,1-2H3. The van der Waals surface area contributed by atoms with Crippen LogP contribution in [0.5, 0.6) is 0 Å². The van der Waals surface area contributed by atoms with Crippen LogP contribution in [0.15, 0.2) is 12.4 Å². The maximum absolute atomic E-state index is 12.9. The van der Waals surface area contributed by atoms with Gasteiger partial charge < -0.3 is 4.90 Å². The van der Waals surface area contributed by atoms with Crippen LogP contribution in [0, 0.1) is 0 Å². The van der Waals surface area contributed by atoms with E-state index >= 15 is 0 Å². The molecule has 0 radical (unpaired) electrons. The van der Waals surface area contributed by atoms with Gasteiger partial charge in [0.25, 0.3) is 5.91 Å². The van der Waals surface area contributed by atoms with E-state index in [-0.39, 0.29) is 5.69 Å². The van der Waals surface area contributed by atoms with Crippen LogP contribution in [0.3, 0.4) is 0 Å². The number of aromatic nitrogens is 4. The first kappa shape index (κ1) is 18.7. The number of piperazine rings is 1. The molecule has 3 rings (SSSR count). The molecule has 2 aromatic heterocycles. The van der Waals surface area contributed by atoms with Crippen molar-refractivity contribution >= 4 is 17.5 Å². The van der Waals surface area contributed by atoms with Crippen molar-refractivity contribution in [3.63, 3.8) is 0 Å². The van der Waals surface area contributed by atoms with Crippen molar-refractivity contribution in [1.82, 2.24) is 29.4 Å². The van der Waals surface area contributed by atoms with E-state index in [9.17, 15) is 18.0 Å². The third-order valence-electron chi connectivity index (χ3n) is 4.28. The predicted molar refractivity (Wildman–Crippen MR) is 87.6 cm³/mol. The second-order valence-corrected chi connectivity index (χ2v) is 6.60. The van der Waals surface area contributed by atoms with E-state index in [1.165, 1.54) is 11.9 Å². The molecule has 1 fully saturated rings. The summed E-state index contributed by atoms with van der Waals surface area (Å²) in [5.41, 5.74) is -0.406. The Labute approximate surface area is 152 Å². The van der Waals surface area contributed by atoms with Crippen molar-refractivity contribution in [2.45, 2.75) is 12.7 Å². The van der Waals surface area contributed by atoms with Gasteiger partial charge in [0.1, 0.15) is 10.7 Å². The summed E-state index contributed by atoms with van der Waals surface area (Å²) in [7, 11) is 3.12. The summed E-state index contributed by atoms with van der Waals surface area (Å²) in [6.07, 6.45) is -0.993. The fourth-order valence-corrected chi connectivity index (χ4v) is 3.33. The van der Waals surface area contributed by atoms with Gasteiger partial charge in [0.15, 0.2) is 5.69 Å². The van der Waals surface area contributed by atoms with Crippen LogP contribution in [0.1, 0.15) is 21.7 Å². The molecule has 3 heterocycles. The highest BCUT2D eigenvalue weighted by atomic mass is 35.5. The van der Waals surface area contributed by atoms with Gasteiger partial charge in [-0.2, -0.15) is 23.4 Å². The van der Waals surface area contributed by atoms with Gasteiger partial charge in [-0.05, 0) is 0 Å². The molecule has 142 valence electrons. The van der Waals surface area contributed by atoms with Crippen LogP contribution < -0.4 is 0 Å².